The molecule has 0 atom stereocenters. The van der Waals surface area contributed by atoms with Crippen molar-refractivity contribution in [3.63, 3.8) is 0 Å². The van der Waals surface area contributed by atoms with Gasteiger partial charge in [0.1, 0.15) is 0 Å². The van der Waals surface area contributed by atoms with Crippen LogP contribution in [-0.4, -0.2) is 24.8 Å². The SMILES string of the molecule is CCN(C)C=Nc1cc(C)c(Nc2ccccc2C)cc1Cl. The highest BCUT2D eigenvalue weighted by Crippen LogP contribution is 2.33. The molecule has 0 unspecified atom stereocenters. The van der Waals surface area contributed by atoms with Crippen LogP contribution in [0.25, 0.3) is 0 Å². The van der Waals surface area contributed by atoms with Crippen molar-refractivity contribution in [2.45, 2.75) is 20.8 Å². The second kappa shape index (κ2) is 7.32. The van der Waals surface area contributed by atoms with E-state index in [-0.39, 0.29) is 0 Å². The van der Waals surface area contributed by atoms with Crippen molar-refractivity contribution in [3.05, 3.63) is 52.5 Å². The summed E-state index contributed by atoms with van der Waals surface area (Å²) in [5.41, 5.74) is 5.18. The minimum Gasteiger partial charge on any atom is -0.366 e. The molecule has 2 aromatic rings. The maximum atomic E-state index is 6.36. The second-order valence-electron chi connectivity index (χ2n) is 5.38. The minimum atomic E-state index is 0.641. The van der Waals surface area contributed by atoms with Crippen LogP contribution in [0.2, 0.25) is 5.02 Å². The molecule has 4 heteroatoms. The van der Waals surface area contributed by atoms with Crippen molar-refractivity contribution < 1.29 is 0 Å². The fraction of sp³-hybridized carbons (Fsp3) is 0.278. The third kappa shape index (κ3) is 4.01. The summed E-state index contributed by atoms with van der Waals surface area (Å²) >= 11 is 6.36. The molecule has 22 heavy (non-hydrogen) atoms. The molecule has 0 aliphatic rings. The molecule has 0 aliphatic heterocycles. The maximum Gasteiger partial charge on any atom is 0.0910 e. The molecule has 116 valence electrons. The molecule has 2 rings (SSSR count). The summed E-state index contributed by atoms with van der Waals surface area (Å²) in [4.78, 5) is 6.45. The van der Waals surface area contributed by atoms with Gasteiger partial charge in [-0.25, -0.2) is 4.99 Å². The summed E-state index contributed by atoms with van der Waals surface area (Å²) < 4.78 is 0. The normalized spacial score (nSPS) is 11.0. The van der Waals surface area contributed by atoms with E-state index in [1.165, 1.54) is 5.56 Å². The lowest BCUT2D eigenvalue weighted by atomic mass is 10.1. The largest absolute Gasteiger partial charge is 0.366 e. The van der Waals surface area contributed by atoms with Gasteiger partial charge in [0.2, 0.25) is 0 Å². The fourth-order valence-electron chi connectivity index (χ4n) is 2.00. The smallest absolute Gasteiger partial charge is 0.0910 e. The van der Waals surface area contributed by atoms with Crippen LogP contribution in [0.1, 0.15) is 18.1 Å². The molecular formula is C18H22ClN3. The van der Waals surface area contributed by atoms with Gasteiger partial charge in [-0.2, -0.15) is 0 Å². The first-order valence-electron chi connectivity index (χ1n) is 7.38. The molecule has 0 aromatic heterocycles. The Kier molecular flexibility index (Phi) is 5.45. The van der Waals surface area contributed by atoms with Gasteiger partial charge in [-0.1, -0.05) is 29.8 Å². The monoisotopic (exact) mass is 315 g/mol. The van der Waals surface area contributed by atoms with Crippen LogP contribution in [0.3, 0.4) is 0 Å². The van der Waals surface area contributed by atoms with E-state index in [2.05, 4.69) is 43.2 Å². The number of hydrogen-bond acceptors (Lipinski definition) is 2. The average molecular weight is 316 g/mol. The lowest BCUT2D eigenvalue weighted by Gasteiger charge is -2.14. The Morgan fingerprint density at radius 2 is 1.86 bits per heavy atom. The van der Waals surface area contributed by atoms with Gasteiger partial charge < -0.3 is 10.2 Å². The van der Waals surface area contributed by atoms with Crippen molar-refractivity contribution in [3.8, 4) is 0 Å². The number of aliphatic imine (C=N–C) groups is 1. The summed E-state index contributed by atoms with van der Waals surface area (Å²) in [7, 11) is 1.98. The number of nitrogens with one attached hydrogen (secondary N) is 1. The molecule has 3 nitrogen and oxygen atoms in total. The number of para-hydroxylation sites is 1. The van der Waals surface area contributed by atoms with Crippen LogP contribution in [0.15, 0.2) is 41.4 Å². The first-order chi connectivity index (χ1) is 10.5. The highest BCUT2D eigenvalue weighted by molar-refractivity contribution is 6.33. The van der Waals surface area contributed by atoms with Gasteiger partial charge in [0.05, 0.1) is 17.0 Å². The van der Waals surface area contributed by atoms with Gasteiger partial charge in [0, 0.05) is 25.0 Å². The number of nitrogens with zero attached hydrogens (tertiary/aromatic N) is 2. The number of benzene rings is 2. The Labute approximate surface area is 137 Å². The minimum absolute atomic E-state index is 0.641. The summed E-state index contributed by atoms with van der Waals surface area (Å²) in [6.45, 7) is 7.12. The lowest BCUT2D eigenvalue weighted by Crippen LogP contribution is -2.14. The van der Waals surface area contributed by atoms with E-state index in [1.54, 1.807) is 6.34 Å². The summed E-state index contributed by atoms with van der Waals surface area (Å²) in [6, 6.07) is 12.1. The molecular weight excluding hydrogens is 294 g/mol. The fourth-order valence-corrected chi connectivity index (χ4v) is 2.21. The van der Waals surface area contributed by atoms with Crippen molar-refractivity contribution in [2.24, 2.45) is 4.99 Å². The van der Waals surface area contributed by atoms with Crippen molar-refractivity contribution in [1.29, 1.82) is 0 Å². The predicted octanol–water partition coefficient (Wildman–Crippen LogP) is 5.31. The van der Waals surface area contributed by atoms with Gasteiger partial charge in [-0.15, -0.1) is 0 Å². The van der Waals surface area contributed by atoms with Gasteiger partial charge in [0.25, 0.3) is 0 Å². The molecule has 2 aromatic carbocycles. The van der Waals surface area contributed by atoms with Crippen molar-refractivity contribution in [1.82, 2.24) is 4.90 Å². The van der Waals surface area contributed by atoms with Crippen LogP contribution >= 0.6 is 11.6 Å². The zero-order valence-electron chi connectivity index (χ0n) is 13.5. The topological polar surface area (TPSA) is 27.6 Å². The first kappa shape index (κ1) is 16.4. The molecule has 0 heterocycles. The van der Waals surface area contributed by atoms with Crippen LogP contribution < -0.4 is 5.32 Å². The summed E-state index contributed by atoms with van der Waals surface area (Å²) in [5.74, 6) is 0. The van der Waals surface area contributed by atoms with E-state index >= 15 is 0 Å². The Morgan fingerprint density at radius 1 is 1.14 bits per heavy atom. The van der Waals surface area contributed by atoms with E-state index < -0.39 is 0 Å². The average Bonchev–Trinajstić information content (AvgIpc) is 2.51. The number of hydrogen-bond donors (Lipinski definition) is 1. The molecule has 0 saturated heterocycles. The van der Waals surface area contributed by atoms with Gasteiger partial charge in [-0.3, -0.25) is 0 Å². The Bertz CT molecular complexity index is 680. The lowest BCUT2D eigenvalue weighted by molar-refractivity contribution is 0.552. The molecule has 0 spiro atoms. The Hall–Kier alpha value is -2.00. The first-order valence-corrected chi connectivity index (χ1v) is 7.76. The molecule has 0 aliphatic carbocycles. The maximum absolute atomic E-state index is 6.36. The van der Waals surface area contributed by atoms with Gasteiger partial charge in [-0.05, 0) is 50.1 Å². The molecule has 0 bridgehead atoms. The van der Waals surface area contributed by atoms with Crippen molar-refractivity contribution >= 4 is 35.0 Å². The zero-order chi connectivity index (χ0) is 16.1. The molecule has 0 radical (unpaired) electrons. The number of anilines is 2. The second-order valence-corrected chi connectivity index (χ2v) is 5.78. The molecule has 1 N–H and O–H groups in total. The van der Waals surface area contributed by atoms with E-state index in [4.69, 9.17) is 11.6 Å². The van der Waals surface area contributed by atoms with E-state index in [0.717, 1.165) is 29.2 Å². The third-order valence-electron chi connectivity index (χ3n) is 3.60. The van der Waals surface area contributed by atoms with E-state index in [0.29, 0.717) is 5.02 Å². The van der Waals surface area contributed by atoms with Crippen LogP contribution in [0.5, 0.6) is 0 Å². The quantitative estimate of drug-likeness (QED) is 0.598. The molecule has 0 saturated carbocycles. The summed E-state index contributed by atoms with van der Waals surface area (Å²) in [6.07, 6.45) is 1.80. The summed E-state index contributed by atoms with van der Waals surface area (Å²) in [5, 5.41) is 4.08. The Morgan fingerprint density at radius 3 is 2.55 bits per heavy atom. The number of halogens is 1. The molecule has 0 fully saturated rings. The molecule has 0 amide bonds. The standard InChI is InChI=1S/C18H22ClN3/c1-5-22(4)12-20-18-10-14(3)17(11-15(18)19)21-16-9-7-6-8-13(16)2/h6-12,21H,5H2,1-4H3. The Balaban J connectivity index is 2.27. The highest BCUT2D eigenvalue weighted by atomic mass is 35.5. The number of rotatable bonds is 5. The van der Waals surface area contributed by atoms with E-state index in [9.17, 15) is 0 Å². The van der Waals surface area contributed by atoms with E-state index in [1.807, 2.05) is 36.2 Å². The van der Waals surface area contributed by atoms with Crippen LogP contribution in [-0.2, 0) is 0 Å². The predicted molar refractivity (Wildman–Crippen MR) is 97.1 cm³/mol. The van der Waals surface area contributed by atoms with Crippen LogP contribution in [0.4, 0.5) is 17.1 Å². The van der Waals surface area contributed by atoms with Crippen molar-refractivity contribution in [2.75, 3.05) is 18.9 Å². The van der Waals surface area contributed by atoms with Gasteiger partial charge >= 0.3 is 0 Å². The highest BCUT2D eigenvalue weighted by Gasteiger charge is 2.06. The van der Waals surface area contributed by atoms with Gasteiger partial charge in [0.15, 0.2) is 0 Å². The van der Waals surface area contributed by atoms with Crippen LogP contribution in [0, 0.1) is 13.8 Å². The zero-order valence-corrected chi connectivity index (χ0v) is 14.3. The number of aryl methyl sites for hydroxylation is 2. The third-order valence-corrected chi connectivity index (χ3v) is 3.90.